The second-order valence-corrected chi connectivity index (χ2v) is 3.71. The minimum Gasteiger partial charge on any atom is -0.290 e. The van der Waals surface area contributed by atoms with Crippen LogP contribution in [0.5, 0.6) is 0 Å². The summed E-state index contributed by atoms with van der Waals surface area (Å²) in [4.78, 5) is 15.6. The monoisotopic (exact) mass is 207 g/mol. The van der Waals surface area contributed by atoms with Gasteiger partial charge in [0.2, 0.25) is 0 Å². The van der Waals surface area contributed by atoms with E-state index in [1.807, 2.05) is 36.4 Å². The molecule has 0 fully saturated rings. The van der Waals surface area contributed by atoms with E-state index in [2.05, 4.69) is 4.98 Å². The highest BCUT2D eigenvalue weighted by Gasteiger charge is 2.05. The van der Waals surface area contributed by atoms with E-state index in [0.29, 0.717) is 0 Å². The molecule has 0 spiro atoms. The zero-order chi connectivity index (χ0) is 11.0. The van der Waals surface area contributed by atoms with Crippen molar-refractivity contribution in [1.82, 2.24) is 4.98 Å². The fourth-order valence-corrected chi connectivity index (χ4v) is 1.93. The number of hydrogen-bond acceptors (Lipinski definition) is 2. The van der Waals surface area contributed by atoms with E-state index >= 15 is 0 Å². The molecule has 3 rings (SSSR count). The Labute approximate surface area is 92.5 Å². The van der Waals surface area contributed by atoms with Crippen molar-refractivity contribution >= 4 is 10.8 Å². The SMILES string of the molecule is O=c1ccc2c3ccccc3ccnc-2c1. The highest BCUT2D eigenvalue weighted by atomic mass is 16.1. The standard InChI is InChI=1S/C14H9NO/c16-11-5-6-13-12-4-2-1-3-10(12)7-8-15-14(13)9-11/h1-9H. The molecule has 2 nitrogen and oxygen atoms in total. The zero-order valence-corrected chi connectivity index (χ0v) is 8.55. The molecule has 0 N–H and O–H groups in total. The van der Waals surface area contributed by atoms with Gasteiger partial charge in [0.05, 0.1) is 5.69 Å². The lowest BCUT2D eigenvalue weighted by Crippen LogP contribution is -1.97. The first-order valence-corrected chi connectivity index (χ1v) is 5.12. The number of fused-ring (bicyclic) bond motifs is 3. The molecule has 1 aliphatic carbocycles. The van der Waals surface area contributed by atoms with E-state index in [1.165, 1.54) is 0 Å². The summed E-state index contributed by atoms with van der Waals surface area (Å²) < 4.78 is 0. The Morgan fingerprint density at radius 1 is 0.938 bits per heavy atom. The predicted octanol–water partition coefficient (Wildman–Crippen LogP) is 2.70. The molecule has 0 atom stereocenters. The smallest absolute Gasteiger partial charge is 0.180 e. The van der Waals surface area contributed by atoms with Gasteiger partial charge in [-0.2, -0.15) is 0 Å². The Morgan fingerprint density at radius 3 is 2.75 bits per heavy atom. The van der Waals surface area contributed by atoms with Crippen molar-refractivity contribution in [2.24, 2.45) is 0 Å². The van der Waals surface area contributed by atoms with Gasteiger partial charge >= 0.3 is 0 Å². The van der Waals surface area contributed by atoms with Gasteiger partial charge in [0.15, 0.2) is 5.43 Å². The summed E-state index contributed by atoms with van der Waals surface area (Å²) in [7, 11) is 0. The van der Waals surface area contributed by atoms with Crippen molar-refractivity contribution in [3.8, 4) is 11.3 Å². The van der Waals surface area contributed by atoms with Crippen LogP contribution in [0, 0.1) is 0 Å². The molecule has 1 aromatic carbocycles. The van der Waals surface area contributed by atoms with Crippen molar-refractivity contribution in [3.05, 3.63) is 65.0 Å². The van der Waals surface area contributed by atoms with Crippen LogP contribution >= 0.6 is 0 Å². The highest BCUT2D eigenvalue weighted by Crippen LogP contribution is 2.25. The quantitative estimate of drug-likeness (QED) is 0.567. The lowest BCUT2D eigenvalue weighted by molar-refractivity contribution is 1.35. The maximum absolute atomic E-state index is 11.3. The summed E-state index contributed by atoms with van der Waals surface area (Å²) in [6, 6.07) is 15.0. The topological polar surface area (TPSA) is 30.0 Å². The van der Waals surface area contributed by atoms with Gasteiger partial charge in [-0.3, -0.25) is 9.78 Å². The van der Waals surface area contributed by atoms with E-state index < -0.39 is 0 Å². The molecule has 2 heteroatoms. The van der Waals surface area contributed by atoms with Gasteiger partial charge in [-0.25, -0.2) is 0 Å². The van der Waals surface area contributed by atoms with Gasteiger partial charge < -0.3 is 0 Å². The Hall–Kier alpha value is -2.22. The number of nitrogens with zero attached hydrogens (tertiary/aromatic N) is 1. The molecule has 0 bridgehead atoms. The van der Waals surface area contributed by atoms with Crippen molar-refractivity contribution < 1.29 is 0 Å². The third-order valence-electron chi connectivity index (χ3n) is 2.69. The molecule has 0 unspecified atom stereocenters. The van der Waals surface area contributed by atoms with Gasteiger partial charge in [0.1, 0.15) is 0 Å². The largest absolute Gasteiger partial charge is 0.290 e. The summed E-state index contributed by atoms with van der Waals surface area (Å²) in [6.45, 7) is 0. The van der Waals surface area contributed by atoms with Crippen molar-refractivity contribution in [1.29, 1.82) is 0 Å². The maximum Gasteiger partial charge on any atom is 0.180 e. The van der Waals surface area contributed by atoms with Gasteiger partial charge in [-0.1, -0.05) is 24.3 Å². The first kappa shape index (κ1) is 9.04. The molecule has 2 aliphatic rings. The molecule has 0 saturated carbocycles. The van der Waals surface area contributed by atoms with Gasteiger partial charge in [0.25, 0.3) is 0 Å². The van der Waals surface area contributed by atoms with Crippen LogP contribution in [0.25, 0.3) is 22.0 Å². The predicted molar refractivity (Wildman–Crippen MR) is 64.6 cm³/mol. The van der Waals surface area contributed by atoms with Crippen LogP contribution in [0.2, 0.25) is 0 Å². The van der Waals surface area contributed by atoms with E-state index in [9.17, 15) is 4.79 Å². The van der Waals surface area contributed by atoms with Crippen molar-refractivity contribution in [2.45, 2.75) is 0 Å². The summed E-state index contributed by atoms with van der Waals surface area (Å²) in [5.41, 5.74) is 1.75. The number of rotatable bonds is 0. The molecular formula is C14H9NO. The Balaban J connectivity index is 2.56. The molecule has 1 aromatic rings. The van der Waals surface area contributed by atoms with Gasteiger partial charge in [-0.15, -0.1) is 0 Å². The van der Waals surface area contributed by atoms with E-state index in [4.69, 9.17) is 0 Å². The second kappa shape index (κ2) is 3.42. The molecule has 0 aromatic heterocycles. The average molecular weight is 207 g/mol. The van der Waals surface area contributed by atoms with E-state index in [1.54, 1.807) is 18.3 Å². The molecule has 0 amide bonds. The molecule has 16 heavy (non-hydrogen) atoms. The summed E-state index contributed by atoms with van der Waals surface area (Å²) in [5, 5.41) is 2.25. The Kier molecular flexibility index (Phi) is 1.93. The first-order chi connectivity index (χ1) is 7.84. The van der Waals surface area contributed by atoms with Crippen molar-refractivity contribution in [2.75, 3.05) is 0 Å². The molecule has 0 saturated heterocycles. The molecule has 1 heterocycles. The number of hydrogen-bond donors (Lipinski definition) is 0. The molecular weight excluding hydrogens is 198 g/mol. The van der Waals surface area contributed by atoms with Crippen LogP contribution in [0.1, 0.15) is 0 Å². The zero-order valence-electron chi connectivity index (χ0n) is 8.55. The molecule has 76 valence electrons. The summed E-state index contributed by atoms with van der Waals surface area (Å²) in [6.07, 6.45) is 1.74. The van der Waals surface area contributed by atoms with E-state index in [0.717, 1.165) is 22.0 Å². The number of aromatic nitrogens is 1. The van der Waals surface area contributed by atoms with E-state index in [-0.39, 0.29) is 5.43 Å². The third kappa shape index (κ3) is 1.36. The van der Waals surface area contributed by atoms with Crippen LogP contribution in [0.15, 0.2) is 59.5 Å². The van der Waals surface area contributed by atoms with Crippen LogP contribution < -0.4 is 5.43 Å². The molecule has 1 aliphatic heterocycles. The van der Waals surface area contributed by atoms with Crippen LogP contribution in [0.4, 0.5) is 0 Å². The second-order valence-electron chi connectivity index (χ2n) is 3.71. The average Bonchev–Trinajstić information content (AvgIpc) is 2.47. The van der Waals surface area contributed by atoms with Crippen LogP contribution in [-0.2, 0) is 0 Å². The van der Waals surface area contributed by atoms with Crippen LogP contribution in [0.3, 0.4) is 0 Å². The highest BCUT2D eigenvalue weighted by molar-refractivity contribution is 5.95. The summed E-state index contributed by atoms with van der Waals surface area (Å²) >= 11 is 0. The Morgan fingerprint density at radius 2 is 1.81 bits per heavy atom. The Bertz CT molecular complexity index is 691. The lowest BCUT2D eigenvalue weighted by atomic mass is 10.0. The summed E-state index contributed by atoms with van der Waals surface area (Å²) in [5.74, 6) is 0. The minimum absolute atomic E-state index is 0.00437. The van der Waals surface area contributed by atoms with Gasteiger partial charge in [-0.05, 0) is 29.0 Å². The fourth-order valence-electron chi connectivity index (χ4n) is 1.93. The third-order valence-corrected chi connectivity index (χ3v) is 2.69. The normalized spacial score (nSPS) is 10.8. The van der Waals surface area contributed by atoms with Crippen molar-refractivity contribution in [3.63, 3.8) is 0 Å². The fraction of sp³-hybridized carbons (Fsp3) is 0. The lowest BCUT2D eigenvalue weighted by Gasteiger charge is -2.01. The first-order valence-electron chi connectivity index (χ1n) is 5.12. The van der Waals surface area contributed by atoms with Gasteiger partial charge in [0, 0.05) is 17.8 Å². The minimum atomic E-state index is -0.00437. The maximum atomic E-state index is 11.3. The molecule has 0 radical (unpaired) electrons. The van der Waals surface area contributed by atoms with Crippen LogP contribution in [-0.4, -0.2) is 4.98 Å². The number of benzene rings is 2.